The Kier molecular flexibility index (Phi) is 4.07. The zero-order valence-electron chi connectivity index (χ0n) is 9.06. The van der Waals surface area contributed by atoms with Gasteiger partial charge in [-0.1, -0.05) is 52.7 Å². The van der Waals surface area contributed by atoms with Crippen LogP contribution in [0, 0.1) is 0 Å². The molecular weight excluding hydrogens is 291 g/mol. The van der Waals surface area contributed by atoms with Crippen molar-refractivity contribution in [2.45, 2.75) is 0 Å². The summed E-state index contributed by atoms with van der Waals surface area (Å²) >= 11 is 12.4. The molecule has 92 valence electrons. The second-order valence-electron chi connectivity index (χ2n) is 3.52. The molecule has 0 saturated carbocycles. The summed E-state index contributed by atoms with van der Waals surface area (Å²) in [6.07, 6.45) is 3.05. The lowest BCUT2D eigenvalue weighted by Gasteiger charge is -1.94. The van der Waals surface area contributed by atoms with Crippen LogP contribution in [0.1, 0.15) is 15.9 Å². The number of thiophene rings is 1. The zero-order chi connectivity index (χ0) is 13.1. The highest BCUT2D eigenvalue weighted by atomic mass is 35.5. The highest BCUT2D eigenvalue weighted by Crippen LogP contribution is 2.33. The lowest BCUT2D eigenvalue weighted by Crippen LogP contribution is -1.91. The van der Waals surface area contributed by atoms with E-state index in [0.29, 0.717) is 9.36 Å². The summed E-state index contributed by atoms with van der Waals surface area (Å²) in [7, 11) is 0. The number of carbonyl (C=O) groups excluding carboxylic acids is 1. The highest BCUT2D eigenvalue weighted by molar-refractivity contribution is 7.18. The van der Waals surface area contributed by atoms with Gasteiger partial charge >= 0.3 is 0 Å². The first-order valence-corrected chi connectivity index (χ1v) is 6.60. The zero-order valence-corrected chi connectivity index (χ0v) is 11.4. The van der Waals surface area contributed by atoms with Gasteiger partial charge in [0.2, 0.25) is 0 Å². The summed E-state index contributed by atoms with van der Waals surface area (Å²) in [4.78, 5) is 11.8. The summed E-state index contributed by atoms with van der Waals surface area (Å²) in [5.74, 6) is -0.286. The summed E-state index contributed by atoms with van der Waals surface area (Å²) in [5.41, 5.74) is 1.07. The normalized spacial score (nSPS) is 11.0. The van der Waals surface area contributed by atoms with Crippen molar-refractivity contribution in [1.82, 2.24) is 0 Å². The predicted molar refractivity (Wildman–Crippen MR) is 75.8 cm³/mol. The van der Waals surface area contributed by atoms with Crippen LogP contribution in [0.2, 0.25) is 9.36 Å². The molecule has 0 aliphatic carbocycles. The van der Waals surface area contributed by atoms with Crippen LogP contribution in [0.3, 0.4) is 0 Å². The third kappa shape index (κ3) is 3.13. The van der Waals surface area contributed by atoms with Crippen LogP contribution in [0.25, 0.3) is 6.08 Å². The maximum Gasteiger partial charge on any atom is 0.190 e. The Hall–Kier alpha value is -1.29. The highest BCUT2D eigenvalue weighted by Gasteiger charge is 2.12. The first kappa shape index (κ1) is 13.1. The van der Waals surface area contributed by atoms with E-state index in [1.54, 1.807) is 30.3 Å². The van der Waals surface area contributed by atoms with Gasteiger partial charge in [0.15, 0.2) is 10.8 Å². The minimum atomic E-state index is -0.286. The molecule has 0 aliphatic heterocycles. The first-order valence-electron chi connectivity index (χ1n) is 5.02. The number of hydrogen-bond donors (Lipinski definition) is 1. The molecule has 1 heterocycles. The van der Waals surface area contributed by atoms with Crippen LogP contribution in [0.5, 0.6) is 5.06 Å². The smallest absolute Gasteiger partial charge is 0.190 e. The molecule has 5 heteroatoms. The van der Waals surface area contributed by atoms with Crippen molar-refractivity contribution in [3.63, 3.8) is 0 Å². The number of aromatic hydroxyl groups is 1. The van der Waals surface area contributed by atoms with E-state index in [1.165, 1.54) is 12.1 Å². The van der Waals surface area contributed by atoms with Gasteiger partial charge in [-0.25, -0.2) is 0 Å². The van der Waals surface area contributed by atoms with Crippen LogP contribution in [-0.2, 0) is 0 Å². The number of benzene rings is 1. The van der Waals surface area contributed by atoms with Crippen molar-refractivity contribution in [2.24, 2.45) is 0 Å². The van der Waals surface area contributed by atoms with E-state index in [-0.39, 0.29) is 16.4 Å². The summed E-state index contributed by atoms with van der Waals surface area (Å²) < 4.78 is 0.385. The van der Waals surface area contributed by atoms with Gasteiger partial charge in [0.1, 0.15) is 0 Å². The SMILES string of the molecule is O=C(/C=C/c1ccc(Cl)cc1)c1cc(Cl)sc1O. The number of ketones is 1. The third-order valence-corrected chi connectivity index (χ3v) is 3.56. The molecule has 0 bridgehead atoms. The Bertz CT molecular complexity index is 600. The van der Waals surface area contributed by atoms with E-state index in [4.69, 9.17) is 23.2 Å². The minimum Gasteiger partial charge on any atom is -0.499 e. The third-order valence-electron chi connectivity index (χ3n) is 2.25. The Labute approximate surface area is 118 Å². The average molecular weight is 299 g/mol. The molecule has 0 atom stereocenters. The monoisotopic (exact) mass is 298 g/mol. The average Bonchev–Trinajstić information content (AvgIpc) is 2.67. The van der Waals surface area contributed by atoms with Crippen LogP contribution < -0.4 is 0 Å². The van der Waals surface area contributed by atoms with Gasteiger partial charge in [-0.05, 0) is 29.8 Å². The van der Waals surface area contributed by atoms with Gasteiger partial charge < -0.3 is 5.11 Å². The fraction of sp³-hybridized carbons (Fsp3) is 0. The standard InChI is InChI=1S/C13H8Cl2O2S/c14-9-4-1-8(2-5-9)3-6-11(16)10-7-12(15)18-13(10)17/h1-7,17H/b6-3+. The molecule has 2 nitrogen and oxygen atoms in total. The fourth-order valence-corrected chi connectivity index (χ4v) is 2.45. The number of carbonyl (C=O) groups is 1. The van der Waals surface area contributed by atoms with Gasteiger partial charge in [-0.2, -0.15) is 0 Å². The lowest BCUT2D eigenvalue weighted by molar-refractivity contribution is 0.104. The Balaban J connectivity index is 2.16. The van der Waals surface area contributed by atoms with E-state index < -0.39 is 0 Å². The molecule has 0 unspecified atom stereocenters. The second-order valence-corrected chi connectivity index (χ2v) is 5.62. The van der Waals surface area contributed by atoms with E-state index in [0.717, 1.165) is 16.9 Å². The van der Waals surface area contributed by atoms with Crippen molar-refractivity contribution < 1.29 is 9.90 Å². The van der Waals surface area contributed by atoms with Gasteiger partial charge in [-0.3, -0.25) is 4.79 Å². The van der Waals surface area contributed by atoms with Crippen LogP contribution in [0.4, 0.5) is 0 Å². The Morgan fingerprint density at radius 2 is 1.89 bits per heavy atom. The molecule has 0 saturated heterocycles. The largest absolute Gasteiger partial charge is 0.499 e. The Morgan fingerprint density at radius 3 is 2.44 bits per heavy atom. The van der Waals surface area contributed by atoms with Gasteiger partial charge in [0, 0.05) is 5.02 Å². The predicted octanol–water partition coefficient (Wildman–Crippen LogP) is 4.66. The van der Waals surface area contributed by atoms with Crippen LogP contribution in [0.15, 0.2) is 36.4 Å². The molecule has 1 aromatic carbocycles. The van der Waals surface area contributed by atoms with E-state index in [2.05, 4.69) is 0 Å². The van der Waals surface area contributed by atoms with Crippen molar-refractivity contribution in [3.8, 4) is 5.06 Å². The molecule has 1 aromatic heterocycles. The summed E-state index contributed by atoms with van der Waals surface area (Å²) in [6, 6.07) is 8.53. The molecule has 0 fully saturated rings. The van der Waals surface area contributed by atoms with Crippen LogP contribution >= 0.6 is 34.5 Å². The molecule has 0 amide bonds. The van der Waals surface area contributed by atoms with Crippen molar-refractivity contribution in [2.75, 3.05) is 0 Å². The number of halogens is 2. The minimum absolute atomic E-state index is 0.0641. The van der Waals surface area contributed by atoms with E-state index in [1.807, 2.05) is 0 Å². The molecule has 0 radical (unpaired) electrons. The molecule has 1 N–H and O–H groups in total. The lowest BCUT2D eigenvalue weighted by atomic mass is 10.1. The molecular formula is C13H8Cl2O2S. The fourth-order valence-electron chi connectivity index (χ4n) is 1.36. The van der Waals surface area contributed by atoms with Crippen molar-refractivity contribution in [1.29, 1.82) is 0 Å². The molecule has 0 aliphatic rings. The van der Waals surface area contributed by atoms with Gasteiger partial charge in [-0.15, -0.1) is 0 Å². The maximum absolute atomic E-state index is 11.8. The van der Waals surface area contributed by atoms with Crippen molar-refractivity contribution >= 4 is 46.4 Å². The molecule has 18 heavy (non-hydrogen) atoms. The summed E-state index contributed by atoms with van der Waals surface area (Å²) in [6.45, 7) is 0. The van der Waals surface area contributed by atoms with Gasteiger partial charge in [0.05, 0.1) is 9.90 Å². The molecule has 2 aromatic rings. The molecule has 2 rings (SSSR count). The Morgan fingerprint density at radius 1 is 1.22 bits per heavy atom. The second kappa shape index (κ2) is 5.57. The van der Waals surface area contributed by atoms with Crippen LogP contribution in [-0.4, -0.2) is 10.9 Å². The van der Waals surface area contributed by atoms with Crippen molar-refractivity contribution in [3.05, 3.63) is 56.9 Å². The summed E-state index contributed by atoms with van der Waals surface area (Å²) in [5, 5.41) is 10.1. The quantitative estimate of drug-likeness (QED) is 0.661. The number of allylic oxidation sites excluding steroid dienone is 1. The maximum atomic E-state index is 11.8. The molecule has 0 spiro atoms. The number of hydrogen-bond acceptors (Lipinski definition) is 3. The topological polar surface area (TPSA) is 37.3 Å². The first-order chi connectivity index (χ1) is 8.56. The van der Waals surface area contributed by atoms with E-state index >= 15 is 0 Å². The number of rotatable bonds is 3. The van der Waals surface area contributed by atoms with Gasteiger partial charge in [0.25, 0.3) is 0 Å². The van der Waals surface area contributed by atoms with E-state index in [9.17, 15) is 9.90 Å².